The lowest BCUT2D eigenvalue weighted by molar-refractivity contribution is -0.136. The second-order valence-electron chi connectivity index (χ2n) is 10.6. The van der Waals surface area contributed by atoms with Crippen molar-refractivity contribution in [3.63, 3.8) is 0 Å². The van der Waals surface area contributed by atoms with Crippen LogP contribution >= 0.6 is 23.2 Å². The van der Waals surface area contributed by atoms with Crippen molar-refractivity contribution in [3.05, 3.63) is 82.8 Å². The molecule has 0 saturated heterocycles. The van der Waals surface area contributed by atoms with Crippen LogP contribution in [-0.2, 0) is 19.1 Å². The summed E-state index contributed by atoms with van der Waals surface area (Å²) >= 11 is 12.5. The summed E-state index contributed by atoms with van der Waals surface area (Å²) in [5.41, 5.74) is 0.722. The summed E-state index contributed by atoms with van der Waals surface area (Å²) in [5.74, 6) is -0.907. The molecule has 222 valence electrons. The number of anilines is 4. The second kappa shape index (κ2) is 10.8. The lowest BCUT2D eigenvalue weighted by Gasteiger charge is -2.46. The standard InChI is InChI=1S/C31H30Cl2N6O4/c1-5-42-28(40)26-34-38(22-15-11-20(32)12-16-22)30(3)19-31(4)37(25-10-8-7-9-24(25)36(26)30)27(29(41)43-6-2)35-39(31)23-17-13-21(33)14-18-23/h7-18H,5-6,19H2,1-4H3. The highest BCUT2D eigenvalue weighted by Crippen LogP contribution is 2.53. The number of carbonyl (C=O) groups is 2. The molecule has 43 heavy (non-hydrogen) atoms. The third-order valence-electron chi connectivity index (χ3n) is 7.78. The van der Waals surface area contributed by atoms with Gasteiger partial charge in [0.05, 0.1) is 36.0 Å². The molecule has 6 rings (SSSR count). The van der Waals surface area contributed by atoms with Crippen molar-refractivity contribution in [1.82, 2.24) is 0 Å². The van der Waals surface area contributed by atoms with Gasteiger partial charge in [-0.1, -0.05) is 35.3 Å². The fraction of sp³-hybridized carbons (Fsp3) is 0.290. The molecule has 0 aliphatic carbocycles. The molecule has 0 bridgehead atoms. The maximum Gasteiger partial charge on any atom is 0.376 e. The van der Waals surface area contributed by atoms with E-state index in [9.17, 15) is 9.59 Å². The predicted molar refractivity (Wildman–Crippen MR) is 169 cm³/mol. The minimum Gasteiger partial charge on any atom is -0.460 e. The first kappa shape index (κ1) is 28.8. The number of carbonyl (C=O) groups excluding carboxylic acids is 2. The number of benzene rings is 3. The zero-order valence-corrected chi connectivity index (χ0v) is 25.6. The molecule has 0 fully saturated rings. The molecule has 3 heterocycles. The summed E-state index contributed by atoms with van der Waals surface area (Å²) in [6.45, 7) is 7.88. The number of hydrogen-bond donors (Lipinski definition) is 0. The first-order valence-electron chi connectivity index (χ1n) is 13.9. The molecule has 3 aliphatic heterocycles. The molecule has 2 atom stereocenters. The Morgan fingerprint density at radius 2 is 1.07 bits per heavy atom. The van der Waals surface area contributed by atoms with Gasteiger partial charge in [-0.25, -0.2) is 19.6 Å². The minimum atomic E-state index is -1.00. The molecule has 2 unspecified atom stereocenters. The third-order valence-corrected chi connectivity index (χ3v) is 8.28. The minimum absolute atomic E-state index is 0.115. The summed E-state index contributed by atoms with van der Waals surface area (Å²) in [6.07, 6.45) is 0.304. The average molecular weight is 622 g/mol. The zero-order valence-electron chi connectivity index (χ0n) is 24.1. The smallest absolute Gasteiger partial charge is 0.376 e. The van der Waals surface area contributed by atoms with E-state index >= 15 is 0 Å². The van der Waals surface area contributed by atoms with E-state index < -0.39 is 23.3 Å². The number of para-hydroxylation sites is 2. The van der Waals surface area contributed by atoms with Gasteiger partial charge in [-0.05, 0) is 88.4 Å². The summed E-state index contributed by atoms with van der Waals surface area (Å²) in [4.78, 5) is 30.8. The summed E-state index contributed by atoms with van der Waals surface area (Å²) in [5, 5.41) is 14.5. The van der Waals surface area contributed by atoms with Crippen molar-refractivity contribution in [2.45, 2.75) is 45.4 Å². The van der Waals surface area contributed by atoms with Crippen LogP contribution in [0.5, 0.6) is 0 Å². The Labute approximate surface area is 259 Å². The van der Waals surface area contributed by atoms with E-state index in [2.05, 4.69) is 0 Å². The largest absolute Gasteiger partial charge is 0.460 e. The van der Waals surface area contributed by atoms with Gasteiger partial charge in [0.25, 0.3) is 0 Å². The van der Waals surface area contributed by atoms with Crippen LogP contribution in [0.25, 0.3) is 0 Å². The van der Waals surface area contributed by atoms with Gasteiger partial charge in [0.1, 0.15) is 11.3 Å². The van der Waals surface area contributed by atoms with Crippen LogP contribution < -0.4 is 19.8 Å². The molecule has 0 amide bonds. The number of rotatable bonds is 6. The molecule has 3 aromatic carbocycles. The molecule has 3 aromatic rings. The van der Waals surface area contributed by atoms with Crippen LogP contribution in [0.4, 0.5) is 22.7 Å². The maximum absolute atomic E-state index is 13.5. The zero-order chi connectivity index (χ0) is 30.5. The van der Waals surface area contributed by atoms with Gasteiger partial charge < -0.3 is 9.47 Å². The van der Waals surface area contributed by atoms with E-state index in [0.29, 0.717) is 39.2 Å². The fourth-order valence-corrected chi connectivity index (χ4v) is 6.42. The van der Waals surface area contributed by atoms with Crippen LogP contribution in [0.3, 0.4) is 0 Å². The van der Waals surface area contributed by atoms with Gasteiger partial charge in [-0.15, -0.1) is 10.2 Å². The highest BCUT2D eigenvalue weighted by molar-refractivity contribution is 6.45. The normalized spacial score (nSPS) is 22.3. The Kier molecular flexibility index (Phi) is 7.22. The van der Waals surface area contributed by atoms with Crippen molar-refractivity contribution in [2.75, 3.05) is 33.0 Å². The molecule has 0 N–H and O–H groups in total. The Morgan fingerprint density at radius 1 is 0.698 bits per heavy atom. The van der Waals surface area contributed by atoms with E-state index in [1.807, 2.05) is 82.2 Å². The lowest BCUT2D eigenvalue weighted by atomic mass is 9.93. The van der Waals surface area contributed by atoms with Gasteiger partial charge in [-0.2, -0.15) is 0 Å². The number of hydrogen-bond acceptors (Lipinski definition) is 10. The van der Waals surface area contributed by atoms with Crippen LogP contribution in [0.1, 0.15) is 34.1 Å². The lowest BCUT2D eigenvalue weighted by Crippen LogP contribution is -2.63. The van der Waals surface area contributed by atoms with Crippen LogP contribution in [-0.4, -0.2) is 48.1 Å². The van der Waals surface area contributed by atoms with Gasteiger partial charge in [0.15, 0.2) is 0 Å². The Balaban J connectivity index is 1.62. The number of ether oxygens (including phenoxy) is 2. The number of hydrazone groups is 2. The van der Waals surface area contributed by atoms with E-state index in [1.165, 1.54) is 0 Å². The van der Waals surface area contributed by atoms with Crippen molar-refractivity contribution in [1.29, 1.82) is 0 Å². The van der Waals surface area contributed by atoms with E-state index in [4.69, 9.17) is 42.9 Å². The summed E-state index contributed by atoms with van der Waals surface area (Å²) < 4.78 is 11.0. The number of esters is 2. The van der Waals surface area contributed by atoms with E-state index in [1.54, 1.807) is 38.1 Å². The third kappa shape index (κ3) is 4.56. The topological polar surface area (TPSA) is 90.3 Å². The summed E-state index contributed by atoms with van der Waals surface area (Å²) in [6, 6.07) is 22.1. The first-order chi connectivity index (χ1) is 20.6. The van der Waals surface area contributed by atoms with Gasteiger partial charge in [-0.3, -0.25) is 9.80 Å². The highest BCUT2D eigenvalue weighted by atomic mass is 35.5. The maximum atomic E-state index is 13.5. The molecule has 0 spiro atoms. The molecular formula is C31H30Cl2N6O4. The Morgan fingerprint density at radius 3 is 1.42 bits per heavy atom. The van der Waals surface area contributed by atoms with Gasteiger partial charge in [0, 0.05) is 16.5 Å². The predicted octanol–water partition coefficient (Wildman–Crippen LogP) is 6.24. The van der Waals surface area contributed by atoms with Crippen LogP contribution in [0, 0.1) is 0 Å². The van der Waals surface area contributed by atoms with E-state index in [-0.39, 0.29) is 24.9 Å². The number of nitrogens with zero attached hydrogens (tertiary/aromatic N) is 6. The quantitative estimate of drug-likeness (QED) is 0.299. The van der Waals surface area contributed by atoms with Crippen molar-refractivity contribution in [3.8, 4) is 0 Å². The summed E-state index contributed by atoms with van der Waals surface area (Å²) in [7, 11) is 0. The highest BCUT2D eigenvalue weighted by Gasteiger charge is 2.62. The molecular weight excluding hydrogens is 591 g/mol. The van der Waals surface area contributed by atoms with Crippen molar-refractivity contribution < 1.29 is 19.1 Å². The van der Waals surface area contributed by atoms with Crippen LogP contribution in [0.2, 0.25) is 10.0 Å². The molecule has 3 aliphatic rings. The monoisotopic (exact) mass is 620 g/mol. The number of halogens is 2. The second-order valence-corrected chi connectivity index (χ2v) is 11.5. The molecule has 12 heteroatoms. The average Bonchev–Trinajstić information content (AvgIpc) is 3.42. The Hall–Kier alpha value is -4.28. The van der Waals surface area contributed by atoms with Crippen LogP contribution in [0.15, 0.2) is 83.0 Å². The Bertz CT molecular complexity index is 1530. The van der Waals surface area contributed by atoms with Gasteiger partial charge in [0.2, 0.25) is 11.7 Å². The fourth-order valence-electron chi connectivity index (χ4n) is 6.16. The van der Waals surface area contributed by atoms with Crippen molar-refractivity contribution >= 4 is 69.6 Å². The molecule has 0 aromatic heterocycles. The molecule has 0 radical (unpaired) electrons. The first-order valence-corrected chi connectivity index (χ1v) is 14.7. The van der Waals surface area contributed by atoms with Gasteiger partial charge >= 0.3 is 11.9 Å². The SMILES string of the molecule is CCOC(=O)C1=NN(c2ccc(Cl)cc2)C2(C)CC3(C)N(c4ccc(Cl)cc4)N=C(C(=O)OCC)N3c3ccccc3N12. The number of amidine groups is 2. The molecule has 0 saturated carbocycles. The van der Waals surface area contributed by atoms with E-state index in [0.717, 1.165) is 0 Å². The number of fused-ring (bicyclic) bond motifs is 5. The molecule has 10 nitrogen and oxygen atoms in total. The van der Waals surface area contributed by atoms with Crippen molar-refractivity contribution in [2.24, 2.45) is 10.2 Å².